The Balaban J connectivity index is 5.14. The lowest BCUT2D eigenvalue weighted by Crippen LogP contribution is -2.60. The minimum Gasteiger partial charge on any atom is -0.399 e. The van der Waals surface area contributed by atoms with Crippen molar-refractivity contribution < 1.29 is 16.5 Å². The highest BCUT2D eigenvalue weighted by Crippen LogP contribution is 2.25. The Morgan fingerprint density at radius 2 is 1.14 bits per heavy atom. The highest BCUT2D eigenvalue weighted by molar-refractivity contribution is 6.85. The number of unbranched alkanes of at least 4 members (excludes halogenated alkanes) is 2. The van der Waals surface area contributed by atoms with Crippen LogP contribution in [0.3, 0.4) is 0 Å². The number of hydrogen-bond acceptors (Lipinski definition) is 4. The molecule has 0 saturated carbocycles. The van der Waals surface area contributed by atoms with Gasteiger partial charge in [0.25, 0.3) is 0 Å². The van der Waals surface area contributed by atoms with Gasteiger partial charge in [-0.3, -0.25) is 0 Å². The summed E-state index contributed by atoms with van der Waals surface area (Å²) in [6.45, 7) is 19.8. The molecule has 0 bridgehead atoms. The minimum absolute atomic E-state index is 1.16. The third-order valence-electron chi connectivity index (χ3n) is 2.92. The Kier molecular flexibility index (Phi) is 11.2. The number of rotatable bonds is 12. The molecule has 9 heteroatoms. The quantitative estimate of drug-likeness (QED) is 0.370. The second-order valence-electron chi connectivity index (χ2n) is 7.32. The molecule has 0 aromatic rings. The van der Waals surface area contributed by atoms with E-state index >= 15 is 0 Å². The van der Waals surface area contributed by atoms with E-state index in [1.54, 1.807) is 0 Å². The molecule has 134 valence electrons. The van der Waals surface area contributed by atoms with Crippen LogP contribution in [0.4, 0.5) is 0 Å². The average molecular weight is 399 g/mol. The maximum Gasteiger partial charge on any atom is 0.636 e. The van der Waals surface area contributed by atoms with Crippen LogP contribution < -0.4 is 0 Å². The van der Waals surface area contributed by atoms with E-state index in [1.807, 2.05) is 0 Å². The summed E-state index contributed by atoms with van der Waals surface area (Å²) in [4.78, 5) is 0. The molecule has 0 N–H and O–H groups in total. The fourth-order valence-electron chi connectivity index (χ4n) is 2.21. The summed E-state index contributed by atoms with van der Waals surface area (Å²) in [6, 6.07) is 1.16. The summed E-state index contributed by atoms with van der Waals surface area (Å²) in [7, 11) is -8.60. The van der Waals surface area contributed by atoms with E-state index in [9.17, 15) is 0 Å². The van der Waals surface area contributed by atoms with Crippen LogP contribution >= 0.6 is 0 Å². The van der Waals surface area contributed by atoms with Crippen molar-refractivity contribution in [2.45, 2.75) is 84.6 Å². The standard InChI is InChI=1S/C13H38O4Si5/c1-10-11-12-13-21(8,9)17-22(14-18(2)3,15-19(4)5)16-20(6)7/h18-20H,10-13H2,1-9H3. The SMILES string of the molecule is CCCCC[Si](C)(C)O[Si](O[SiH](C)C)(O[SiH](C)C)O[SiH](C)C. The van der Waals surface area contributed by atoms with E-state index in [-0.39, 0.29) is 0 Å². The van der Waals surface area contributed by atoms with Crippen LogP contribution in [0.25, 0.3) is 0 Å². The molecule has 0 heterocycles. The van der Waals surface area contributed by atoms with Crippen molar-refractivity contribution in [3.05, 3.63) is 0 Å². The van der Waals surface area contributed by atoms with E-state index in [4.69, 9.17) is 16.5 Å². The first kappa shape index (κ1) is 22.9. The van der Waals surface area contributed by atoms with E-state index in [0.717, 1.165) is 6.04 Å². The molecular formula is C13H38O4Si5. The van der Waals surface area contributed by atoms with Crippen LogP contribution in [0, 0.1) is 0 Å². The molecule has 0 unspecified atom stereocenters. The highest BCUT2D eigenvalue weighted by Gasteiger charge is 2.50. The Bertz CT molecular complexity index is 274. The van der Waals surface area contributed by atoms with Gasteiger partial charge in [-0.05, 0) is 58.4 Å². The summed E-state index contributed by atoms with van der Waals surface area (Å²) in [5.74, 6) is 0. The maximum absolute atomic E-state index is 6.62. The summed E-state index contributed by atoms with van der Waals surface area (Å²) < 4.78 is 25.6. The first-order valence-corrected chi connectivity index (χ1v) is 21.8. The zero-order valence-corrected chi connectivity index (χ0v) is 21.7. The van der Waals surface area contributed by atoms with E-state index < -0.39 is 44.5 Å². The molecule has 0 radical (unpaired) electrons. The van der Waals surface area contributed by atoms with Crippen LogP contribution in [0.5, 0.6) is 0 Å². The van der Waals surface area contributed by atoms with Crippen molar-refractivity contribution in [3.63, 3.8) is 0 Å². The first-order valence-electron chi connectivity index (χ1n) is 8.75. The van der Waals surface area contributed by atoms with Gasteiger partial charge in [-0.1, -0.05) is 26.2 Å². The summed E-state index contributed by atoms with van der Waals surface area (Å²) >= 11 is 0. The predicted octanol–water partition coefficient (Wildman–Crippen LogP) is 3.83. The topological polar surface area (TPSA) is 36.9 Å². The van der Waals surface area contributed by atoms with Gasteiger partial charge in [0.2, 0.25) is 0 Å². The molecule has 0 rings (SSSR count). The van der Waals surface area contributed by atoms with Crippen molar-refractivity contribution in [1.82, 2.24) is 0 Å². The molecule has 0 amide bonds. The predicted molar refractivity (Wildman–Crippen MR) is 109 cm³/mol. The van der Waals surface area contributed by atoms with Gasteiger partial charge in [0.05, 0.1) is 0 Å². The lowest BCUT2D eigenvalue weighted by atomic mass is 10.3. The third-order valence-corrected chi connectivity index (χ3v) is 16.8. The Morgan fingerprint density at radius 1 is 0.727 bits per heavy atom. The second-order valence-corrected chi connectivity index (χ2v) is 22.3. The smallest absolute Gasteiger partial charge is 0.399 e. The number of hydrogen-bond donors (Lipinski definition) is 0. The van der Waals surface area contributed by atoms with Crippen molar-refractivity contribution in [2.24, 2.45) is 0 Å². The van der Waals surface area contributed by atoms with Gasteiger partial charge in [0.1, 0.15) is 0 Å². The average Bonchev–Trinajstić information content (AvgIpc) is 2.23. The minimum atomic E-state index is -2.93. The van der Waals surface area contributed by atoms with Gasteiger partial charge in [0, 0.05) is 0 Å². The highest BCUT2D eigenvalue weighted by atomic mass is 28.5. The van der Waals surface area contributed by atoms with Crippen LogP contribution in [0.15, 0.2) is 0 Å². The van der Waals surface area contributed by atoms with Crippen LogP contribution in [0.1, 0.15) is 26.2 Å². The lowest BCUT2D eigenvalue weighted by molar-refractivity contribution is 0.159. The van der Waals surface area contributed by atoms with E-state index in [0.29, 0.717) is 0 Å². The van der Waals surface area contributed by atoms with Gasteiger partial charge in [-0.25, -0.2) is 0 Å². The van der Waals surface area contributed by atoms with Gasteiger partial charge in [-0.2, -0.15) is 0 Å². The third kappa shape index (κ3) is 10.7. The monoisotopic (exact) mass is 398 g/mol. The molecule has 0 aliphatic carbocycles. The zero-order valence-electron chi connectivity index (χ0n) is 16.2. The van der Waals surface area contributed by atoms with Crippen LogP contribution in [-0.2, 0) is 16.5 Å². The molecular weight excluding hydrogens is 361 g/mol. The fraction of sp³-hybridized carbons (Fsp3) is 1.00. The largest absolute Gasteiger partial charge is 0.636 e. The van der Waals surface area contributed by atoms with Crippen molar-refractivity contribution in [2.75, 3.05) is 0 Å². The fourth-order valence-corrected chi connectivity index (χ4v) is 17.4. The molecule has 22 heavy (non-hydrogen) atoms. The van der Waals surface area contributed by atoms with Gasteiger partial charge >= 0.3 is 9.05 Å². The van der Waals surface area contributed by atoms with Gasteiger partial charge < -0.3 is 16.5 Å². The van der Waals surface area contributed by atoms with Crippen molar-refractivity contribution >= 4 is 44.5 Å². The Labute approximate surface area is 145 Å². The first-order chi connectivity index (χ1) is 10.0. The van der Waals surface area contributed by atoms with Crippen molar-refractivity contribution in [3.8, 4) is 0 Å². The maximum atomic E-state index is 6.62. The Hall–Kier alpha value is 0.924. The molecule has 0 fully saturated rings. The molecule has 0 atom stereocenters. The normalized spacial score (nSPS) is 13.6. The summed E-state index contributed by atoms with van der Waals surface area (Å²) in [5, 5.41) is 0. The molecule has 0 aliphatic heterocycles. The van der Waals surface area contributed by atoms with Gasteiger partial charge in [-0.15, -0.1) is 0 Å². The van der Waals surface area contributed by atoms with Crippen LogP contribution in [0.2, 0.25) is 58.4 Å². The molecule has 0 aromatic carbocycles. The molecule has 0 saturated heterocycles. The lowest BCUT2D eigenvalue weighted by Gasteiger charge is -2.39. The summed E-state index contributed by atoms with van der Waals surface area (Å²) in [6.07, 6.45) is 3.75. The molecule has 0 aromatic heterocycles. The zero-order chi connectivity index (χ0) is 17.4. The van der Waals surface area contributed by atoms with Gasteiger partial charge in [0.15, 0.2) is 35.4 Å². The van der Waals surface area contributed by atoms with Crippen LogP contribution in [-0.4, -0.2) is 44.5 Å². The molecule has 4 nitrogen and oxygen atoms in total. The van der Waals surface area contributed by atoms with E-state index in [2.05, 4.69) is 59.3 Å². The Morgan fingerprint density at radius 3 is 1.45 bits per heavy atom. The summed E-state index contributed by atoms with van der Waals surface area (Å²) in [5.41, 5.74) is 0. The molecule has 0 aliphatic rings. The van der Waals surface area contributed by atoms with Crippen molar-refractivity contribution in [1.29, 1.82) is 0 Å². The molecule has 0 spiro atoms. The van der Waals surface area contributed by atoms with E-state index in [1.165, 1.54) is 19.3 Å². The second kappa shape index (κ2) is 10.7.